The quantitative estimate of drug-likeness (QED) is 0.362. The number of rotatable bonds is 5. The molecule has 2 N–H and O–H groups in total. The van der Waals surface area contributed by atoms with Crippen LogP contribution in [0.25, 0.3) is 16.6 Å². The van der Waals surface area contributed by atoms with Crippen molar-refractivity contribution in [3.63, 3.8) is 0 Å². The number of anilines is 2. The third kappa shape index (κ3) is 4.19. The van der Waals surface area contributed by atoms with E-state index in [4.69, 9.17) is 22.3 Å². The summed E-state index contributed by atoms with van der Waals surface area (Å²) in [6.45, 7) is 1.88. The van der Waals surface area contributed by atoms with Crippen LogP contribution in [-0.2, 0) is 5.75 Å². The third-order valence-electron chi connectivity index (χ3n) is 4.64. The van der Waals surface area contributed by atoms with Crippen LogP contribution < -0.4 is 16.2 Å². The van der Waals surface area contributed by atoms with Gasteiger partial charge in [0.1, 0.15) is 5.82 Å². The Kier molecular flexibility index (Phi) is 5.79. The number of nitrogens with two attached hydrogens (primary N) is 1. The number of hydrogen-bond acceptors (Lipinski definition) is 8. The van der Waals surface area contributed by atoms with Crippen LogP contribution in [0.2, 0.25) is 5.02 Å². The molecule has 10 heteroatoms. The molecule has 0 saturated heterocycles. The van der Waals surface area contributed by atoms with Gasteiger partial charge in [-0.25, -0.2) is 4.98 Å². The molecule has 0 unspecified atom stereocenters. The Morgan fingerprint density at radius 3 is 2.61 bits per heavy atom. The summed E-state index contributed by atoms with van der Waals surface area (Å²) in [5.74, 6) is 1.47. The number of halogens is 1. The average molecular weight is 454 g/mol. The second-order valence-corrected chi connectivity index (χ2v) is 8.38. The minimum atomic E-state index is -0.164. The Morgan fingerprint density at radius 1 is 1.06 bits per heavy atom. The van der Waals surface area contributed by atoms with Gasteiger partial charge in [-0.2, -0.15) is 15.0 Å². The second-order valence-electron chi connectivity index (χ2n) is 7.03. The van der Waals surface area contributed by atoms with Crippen molar-refractivity contribution < 1.29 is 0 Å². The highest BCUT2D eigenvalue weighted by Crippen LogP contribution is 2.28. The zero-order valence-corrected chi connectivity index (χ0v) is 18.8. The molecule has 0 amide bonds. The molecule has 0 fully saturated rings. The van der Waals surface area contributed by atoms with Crippen molar-refractivity contribution in [2.45, 2.75) is 17.8 Å². The fraction of sp³-hybridized carbons (Fsp3) is 0.190. The number of fused-ring (bicyclic) bond motifs is 1. The van der Waals surface area contributed by atoms with Gasteiger partial charge >= 0.3 is 0 Å². The van der Waals surface area contributed by atoms with Crippen LogP contribution in [0, 0.1) is 6.92 Å². The van der Waals surface area contributed by atoms with E-state index in [0.717, 1.165) is 5.56 Å². The summed E-state index contributed by atoms with van der Waals surface area (Å²) in [7, 11) is 3.66. The lowest BCUT2D eigenvalue weighted by Gasteiger charge is -2.16. The van der Waals surface area contributed by atoms with E-state index in [9.17, 15) is 4.79 Å². The van der Waals surface area contributed by atoms with Crippen LogP contribution in [0.3, 0.4) is 0 Å². The summed E-state index contributed by atoms with van der Waals surface area (Å²) in [4.78, 5) is 32.7. The second kappa shape index (κ2) is 8.52. The van der Waals surface area contributed by atoms with Crippen molar-refractivity contribution in [2.75, 3.05) is 24.7 Å². The highest BCUT2D eigenvalue weighted by Gasteiger charge is 2.17. The third-order valence-corrected chi connectivity index (χ3v) is 5.99. The molecule has 31 heavy (non-hydrogen) atoms. The molecule has 158 valence electrons. The van der Waals surface area contributed by atoms with Crippen molar-refractivity contribution in [1.82, 2.24) is 24.5 Å². The van der Waals surface area contributed by atoms with Crippen LogP contribution in [-0.4, -0.2) is 38.6 Å². The van der Waals surface area contributed by atoms with Crippen LogP contribution in [0.4, 0.5) is 11.9 Å². The summed E-state index contributed by atoms with van der Waals surface area (Å²) in [5, 5.41) is 1.62. The van der Waals surface area contributed by atoms with E-state index >= 15 is 0 Å². The van der Waals surface area contributed by atoms with E-state index in [0.29, 0.717) is 44.3 Å². The summed E-state index contributed by atoms with van der Waals surface area (Å²) >= 11 is 7.69. The zero-order valence-electron chi connectivity index (χ0n) is 17.2. The van der Waals surface area contributed by atoms with E-state index in [1.54, 1.807) is 21.6 Å². The lowest BCUT2D eigenvalue weighted by Crippen LogP contribution is -2.22. The largest absolute Gasteiger partial charge is 0.368 e. The van der Waals surface area contributed by atoms with Crippen molar-refractivity contribution in [3.8, 4) is 5.69 Å². The molecule has 4 aromatic rings. The van der Waals surface area contributed by atoms with E-state index in [1.165, 1.54) is 11.8 Å². The fourth-order valence-electron chi connectivity index (χ4n) is 3.08. The van der Waals surface area contributed by atoms with E-state index in [-0.39, 0.29) is 11.5 Å². The van der Waals surface area contributed by atoms with Crippen molar-refractivity contribution >= 4 is 46.2 Å². The first-order valence-corrected chi connectivity index (χ1v) is 10.8. The smallest absolute Gasteiger partial charge is 0.266 e. The van der Waals surface area contributed by atoms with E-state index in [1.807, 2.05) is 51.4 Å². The molecule has 0 bridgehead atoms. The number of hydrogen-bond donors (Lipinski definition) is 1. The molecule has 2 aromatic heterocycles. The van der Waals surface area contributed by atoms with Gasteiger partial charge in [0.2, 0.25) is 11.9 Å². The first-order valence-electron chi connectivity index (χ1n) is 9.43. The van der Waals surface area contributed by atoms with E-state index in [2.05, 4.69) is 15.0 Å². The van der Waals surface area contributed by atoms with Crippen LogP contribution in [0.1, 0.15) is 11.4 Å². The van der Waals surface area contributed by atoms with Gasteiger partial charge in [-0.3, -0.25) is 9.36 Å². The van der Waals surface area contributed by atoms with Crippen LogP contribution in [0.15, 0.2) is 52.4 Å². The fourth-order valence-corrected chi connectivity index (χ4v) is 4.11. The Labute approximate surface area is 188 Å². The summed E-state index contributed by atoms with van der Waals surface area (Å²) in [6, 6.07) is 12.7. The normalized spacial score (nSPS) is 11.1. The molecule has 0 aliphatic carbocycles. The Balaban J connectivity index is 1.84. The number of nitrogen functional groups attached to an aromatic ring is 1. The summed E-state index contributed by atoms with van der Waals surface area (Å²) < 4.78 is 1.59. The summed E-state index contributed by atoms with van der Waals surface area (Å²) in [6.07, 6.45) is 0. The first kappa shape index (κ1) is 21.1. The molecule has 2 aromatic carbocycles. The number of para-hydroxylation sites is 1. The topological polar surface area (TPSA) is 103 Å². The maximum Gasteiger partial charge on any atom is 0.266 e. The van der Waals surface area contributed by atoms with Gasteiger partial charge in [0.05, 0.1) is 22.3 Å². The van der Waals surface area contributed by atoms with Gasteiger partial charge in [0.25, 0.3) is 5.56 Å². The standard InChI is InChI=1S/C21H20ClN7OS/c1-12-14(22)8-6-10-16(12)29-18(30)13-7-4-5-9-15(13)24-21(29)31-11-17-25-19(23)27-20(26-17)28(2)3/h4-10H,11H2,1-3H3,(H2,23,25,26,27). The Morgan fingerprint density at radius 2 is 1.84 bits per heavy atom. The minimum Gasteiger partial charge on any atom is -0.368 e. The first-order chi connectivity index (χ1) is 14.8. The SMILES string of the molecule is Cc1c(Cl)cccc1-n1c(SCc2nc(N)nc(N(C)C)n2)nc2ccccc2c1=O. The average Bonchev–Trinajstić information content (AvgIpc) is 2.74. The molecule has 0 radical (unpaired) electrons. The van der Waals surface area contributed by atoms with Crippen LogP contribution in [0.5, 0.6) is 0 Å². The molecule has 0 spiro atoms. The lowest BCUT2D eigenvalue weighted by atomic mass is 10.2. The molecular formula is C21H20ClN7OS. The number of benzene rings is 2. The zero-order chi connectivity index (χ0) is 22.1. The van der Waals surface area contributed by atoms with Gasteiger partial charge < -0.3 is 10.6 Å². The highest BCUT2D eigenvalue weighted by atomic mass is 35.5. The molecule has 2 heterocycles. The molecule has 0 saturated carbocycles. The molecule has 0 aliphatic heterocycles. The van der Waals surface area contributed by atoms with Gasteiger partial charge in [-0.1, -0.05) is 41.6 Å². The molecule has 0 atom stereocenters. The molecule has 8 nitrogen and oxygen atoms in total. The van der Waals surface area contributed by atoms with Gasteiger partial charge in [0.15, 0.2) is 5.16 Å². The number of nitrogens with zero attached hydrogens (tertiary/aromatic N) is 6. The molecular weight excluding hydrogens is 434 g/mol. The van der Waals surface area contributed by atoms with E-state index < -0.39 is 0 Å². The molecule has 0 aliphatic rings. The van der Waals surface area contributed by atoms with Crippen molar-refractivity contribution in [1.29, 1.82) is 0 Å². The maximum absolute atomic E-state index is 13.4. The molecule has 4 rings (SSSR count). The monoisotopic (exact) mass is 453 g/mol. The van der Waals surface area contributed by atoms with Gasteiger partial charge in [-0.15, -0.1) is 0 Å². The van der Waals surface area contributed by atoms with Crippen LogP contribution >= 0.6 is 23.4 Å². The summed E-state index contributed by atoms with van der Waals surface area (Å²) in [5.41, 5.74) is 7.77. The number of thioether (sulfide) groups is 1. The minimum absolute atomic E-state index is 0.142. The van der Waals surface area contributed by atoms with Gasteiger partial charge in [0, 0.05) is 19.1 Å². The predicted molar refractivity (Wildman–Crippen MR) is 125 cm³/mol. The van der Waals surface area contributed by atoms with Crippen molar-refractivity contribution in [2.24, 2.45) is 0 Å². The highest BCUT2D eigenvalue weighted by molar-refractivity contribution is 7.98. The maximum atomic E-state index is 13.4. The Bertz CT molecular complexity index is 1340. The van der Waals surface area contributed by atoms with Gasteiger partial charge in [-0.05, 0) is 36.8 Å². The predicted octanol–water partition coefficient (Wildman–Crippen LogP) is 3.47. The Hall–Kier alpha value is -3.17. The lowest BCUT2D eigenvalue weighted by molar-refractivity contribution is 0.812. The number of aromatic nitrogens is 5. The van der Waals surface area contributed by atoms with Crippen molar-refractivity contribution in [3.05, 3.63) is 69.2 Å².